The normalized spacial score (nSPS) is 19.0. The molecule has 2 aliphatic rings. The van der Waals surface area contributed by atoms with Crippen molar-refractivity contribution in [1.82, 2.24) is 4.31 Å². The third-order valence-electron chi connectivity index (χ3n) is 8.59. The zero-order valence-corrected chi connectivity index (χ0v) is 25.4. The second kappa shape index (κ2) is 12.1. The van der Waals surface area contributed by atoms with Crippen LogP contribution in [0.25, 0.3) is 11.1 Å². The van der Waals surface area contributed by atoms with Crippen LogP contribution in [-0.2, 0) is 16.6 Å². The maximum absolute atomic E-state index is 14.4. The van der Waals surface area contributed by atoms with Crippen LogP contribution in [0.15, 0.2) is 82.4 Å². The highest BCUT2D eigenvalue weighted by molar-refractivity contribution is 7.89. The van der Waals surface area contributed by atoms with Gasteiger partial charge in [-0.3, -0.25) is 0 Å². The van der Waals surface area contributed by atoms with Gasteiger partial charge in [0.2, 0.25) is 10.0 Å². The summed E-state index contributed by atoms with van der Waals surface area (Å²) in [6.07, 6.45) is 5.25. The van der Waals surface area contributed by atoms with Gasteiger partial charge in [-0.1, -0.05) is 43.5 Å². The lowest BCUT2D eigenvalue weighted by Crippen LogP contribution is -2.46. The van der Waals surface area contributed by atoms with E-state index < -0.39 is 27.4 Å². The first-order valence-electron chi connectivity index (χ1n) is 14.4. The van der Waals surface area contributed by atoms with Gasteiger partial charge in [-0.2, -0.15) is 15.6 Å². The molecular formula is C33H33FN2O5S2. The monoisotopic (exact) mass is 620 g/mol. The number of anilines is 2. The highest BCUT2D eigenvalue weighted by Crippen LogP contribution is 2.46. The average Bonchev–Trinajstić information content (AvgIpc) is 3.52. The summed E-state index contributed by atoms with van der Waals surface area (Å²) in [6.45, 7) is 0.700. The Morgan fingerprint density at radius 1 is 1.05 bits per heavy atom. The van der Waals surface area contributed by atoms with Crippen molar-refractivity contribution in [3.63, 3.8) is 0 Å². The molecule has 2 heterocycles. The van der Waals surface area contributed by atoms with Crippen LogP contribution in [0.3, 0.4) is 0 Å². The number of likely N-dealkylation sites (N-methyl/N-ethyl adjacent to an activating group) is 1. The summed E-state index contributed by atoms with van der Waals surface area (Å²) in [5, 5.41) is 13.5. The standard InChI is InChI=1S/C33H33FN2O5S2/c1-35-30(23-8-4-2-5-9-23)19-36(25-10-6-3-7-11-25)29-18-31(41-20-22-14-15-42-21-22)26(17-32(29)43(35,39)40)24-12-13-28(34)27(16-24)33(37)38/h3,6-7,10-18,21,23,30H,2,4-5,8-9,19-20H2,1H3,(H,37,38)/t30-/m0/s1. The lowest BCUT2D eigenvalue weighted by Gasteiger charge is -2.36. The van der Waals surface area contributed by atoms with Gasteiger partial charge in [-0.25, -0.2) is 17.6 Å². The minimum Gasteiger partial charge on any atom is -0.488 e. The molecule has 0 unspecified atom stereocenters. The number of rotatable bonds is 7. The second-order valence-corrected chi connectivity index (χ2v) is 13.9. The van der Waals surface area contributed by atoms with E-state index in [1.165, 1.54) is 27.8 Å². The summed E-state index contributed by atoms with van der Waals surface area (Å²) in [6, 6.07) is 18.5. The predicted molar refractivity (Wildman–Crippen MR) is 166 cm³/mol. The average molecular weight is 621 g/mol. The van der Waals surface area contributed by atoms with E-state index in [1.807, 2.05) is 47.2 Å². The highest BCUT2D eigenvalue weighted by atomic mass is 32.2. The van der Waals surface area contributed by atoms with Crippen molar-refractivity contribution in [3.05, 3.63) is 94.4 Å². The van der Waals surface area contributed by atoms with Gasteiger partial charge in [-0.05, 0) is 77.0 Å². The molecule has 1 fully saturated rings. The molecule has 10 heteroatoms. The van der Waals surface area contributed by atoms with Crippen molar-refractivity contribution in [2.75, 3.05) is 18.5 Å². The molecule has 0 saturated heterocycles. The third-order valence-corrected chi connectivity index (χ3v) is 11.2. The quantitative estimate of drug-likeness (QED) is 0.230. The van der Waals surface area contributed by atoms with Gasteiger partial charge in [0.05, 0.1) is 11.3 Å². The molecule has 0 spiro atoms. The van der Waals surface area contributed by atoms with Crippen LogP contribution in [-0.4, -0.2) is 43.4 Å². The smallest absolute Gasteiger partial charge is 0.338 e. The van der Waals surface area contributed by atoms with Crippen molar-refractivity contribution in [2.24, 2.45) is 5.92 Å². The fourth-order valence-corrected chi connectivity index (χ4v) is 8.51. The first kappa shape index (κ1) is 29.3. The Labute approximate surface area is 255 Å². The lowest BCUT2D eigenvalue weighted by atomic mass is 9.83. The van der Waals surface area contributed by atoms with Crippen LogP contribution in [0.2, 0.25) is 0 Å². The number of carboxylic acid groups (broad SMARTS) is 1. The van der Waals surface area contributed by atoms with E-state index in [-0.39, 0.29) is 23.5 Å². The minimum absolute atomic E-state index is 0.0937. The predicted octanol–water partition coefficient (Wildman–Crippen LogP) is 7.55. The van der Waals surface area contributed by atoms with Crippen LogP contribution >= 0.6 is 11.3 Å². The molecule has 0 radical (unpaired) electrons. The number of fused-ring (bicyclic) bond motifs is 1. The van der Waals surface area contributed by atoms with Gasteiger partial charge in [0.1, 0.15) is 23.1 Å². The van der Waals surface area contributed by atoms with Gasteiger partial charge >= 0.3 is 5.97 Å². The second-order valence-electron chi connectivity index (χ2n) is 11.2. The molecule has 0 bridgehead atoms. The molecule has 43 heavy (non-hydrogen) atoms. The van der Waals surface area contributed by atoms with E-state index in [2.05, 4.69) is 4.90 Å². The number of halogens is 1. The number of thiophene rings is 1. The van der Waals surface area contributed by atoms with E-state index in [1.54, 1.807) is 19.2 Å². The molecule has 0 amide bonds. The molecule has 7 nitrogen and oxygen atoms in total. The molecule has 1 atom stereocenters. The van der Waals surface area contributed by atoms with E-state index in [9.17, 15) is 22.7 Å². The minimum atomic E-state index is -3.99. The number of para-hydroxylation sites is 1. The summed E-state index contributed by atoms with van der Waals surface area (Å²) < 4.78 is 51.1. The highest BCUT2D eigenvalue weighted by Gasteiger charge is 2.41. The number of nitrogens with zero attached hydrogens (tertiary/aromatic N) is 2. The van der Waals surface area contributed by atoms with Crippen molar-refractivity contribution in [1.29, 1.82) is 0 Å². The zero-order chi connectivity index (χ0) is 30.1. The lowest BCUT2D eigenvalue weighted by molar-refractivity contribution is 0.0692. The van der Waals surface area contributed by atoms with Gasteiger partial charge in [0.25, 0.3) is 0 Å². The molecule has 224 valence electrons. The molecule has 1 aliphatic heterocycles. The summed E-state index contributed by atoms with van der Waals surface area (Å²) in [4.78, 5) is 14.0. The van der Waals surface area contributed by atoms with Crippen molar-refractivity contribution in [3.8, 4) is 16.9 Å². The molecular weight excluding hydrogens is 588 g/mol. The fraction of sp³-hybridized carbons (Fsp3) is 0.303. The number of sulfonamides is 1. The molecule has 3 aromatic carbocycles. The van der Waals surface area contributed by atoms with Gasteiger partial charge in [0, 0.05) is 37.0 Å². The van der Waals surface area contributed by atoms with Crippen molar-refractivity contribution < 1.29 is 27.4 Å². The number of hydrogen-bond acceptors (Lipinski definition) is 6. The first-order valence-corrected chi connectivity index (χ1v) is 16.8. The van der Waals surface area contributed by atoms with Crippen molar-refractivity contribution in [2.45, 2.75) is 49.6 Å². The third kappa shape index (κ3) is 5.79. The summed E-state index contributed by atoms with van der Waals surface area (Å²) in [5.41, 5.74) is 2.51. The number of hydrogen-bond donors (Lipinski definition) is 1. The van der Waals surface area contributed by atoms with E-state index in [0.717, 1.165) is 49.4 Å². The zero-order valence-electron chi connectivity index (χ0n) is 23.8. The molecule has 6 rings (SSSR count). The number of carbonyl (C=O) groups is 1. The van der Waals surface area contributed by atoms with Crippen LogP contribution in [0, 0.1) is 11.7 Å². The SMILES string of the molecule is CN1[C@H](C2CCCCC2)CN(c2ccccc2)c2cc(OCc3ccsc3)c(-c3ccc(F)c(C(=O)O)c3)cc2S1(=O)=O. The Kier molecular flexibility index (Phi) is 8.26. The Hall–Kier alpha value is -3.73. The Morgan fingerprint density at radius 2 is 1.81 bits per heavy atom. The van der Waals surface area contributed by atoms with Crippen LogP contribution < -0.4 is 9.64 Å². The largest absolute Gasteiger partial charge is 0.488 e. The summed E-state index contributed by atoms with van der Waals surface area (Å²) >= 11 is 1.54. The summed E-state index contributed by atoms with van der Waals surface area (Å²) in [5.74, 6) is -1.68. The van der Waals surface area contributed by atoms with Gasteiger partial charge in [-0.15, -0.1) is 0 Å². The van der Waals surface area contributed by atoms with E-state index in [0.29, 0.717) is 29.1 Å². The number of aromatic carboxylic acids is 1. The molecule has 1 aromatic heterocycles. The summed E-state index contributed by atoms with van der Waals surface area (Å²) in [7, 11) is -2.33. The Bertz CT molecular complexity index is 1720. The number of benzene rings is 3. The maximum atomic E-state index is 14.4. The van der Waals surface area contributed by atoms with Gasteiger partial charge in [0.15, 0.2) is 0 Å². The molecule has 1 N–H and O–H groups in total. The van der Waals surface area contributed by atoms with Crippen molar-refractivity contribution >= 4 is 38.7 Å². The van der Waals surface area contributed by atoms with E-state index >= 15 is 0 Å². The first-order chi connectivity index (χ1) is 20.7. The molecule has 1 saturated carbocycles. The molecule has 1 aliphatic carbocycles. The number of carboxylic acids is 1. The maximum Gasteiger partial charge on any atom is 0.338 e. The fourth-order valence-electron chi connectivity index (χ4n) is 6.26. The molecule has 4 aromatic rings. The van der Waals surface area contributed by atoms with Gasteiger partial charge < -0.3 is 14.7 Å². The van der Waals surface area contributed by atoms with E-state index in [4.69, 9.17) is 4.74 Å². The van der Waals surface area contributed by atoms with Crippen LogP contribution in [0.5, 0.6) is 5.75 Å². The Morgan fingerprint density at radius 3 is 2.51 bits per heavy atom. The topological polar surface area (TPSA) is 87.2 Å². The number of ether oxygens (including phenoxy) is 1. The van der Waals surface area contributed by atoms with Crippen LogP contribution in [0.1, 0.15) is 48.0 Å². The van der Waals surface area contributed by atoms with Crippen LogP contribution in [0.4, 0.5) is 15.8 Å². The Balaban J connectivity index is 1.57.